The lowest BCUT2D eigenvalue weighted by molar-refractivity contribution is 0.458. The lowest BCUT2D eigenvalue weighted by Crippen LogP contribution is -2.44. The monoisotopic (exact) mass is 227 g/mol. The highest BCUT2D eigenvalue weighted by molar-refractivity contribution is 6.64. The molecule has 0 radical (unpaired) electrons. The fraction of sp³-hybridized carbons (Fsp3) is 0.846. The zero-order valence-corrected chi connectivity index (χ0v) is 12.8. The minimum Gasteiger partial charge on any atom is -0.323 e. The minimum absolute atomic E-state index is 0.456. The molecule has 1 atom stereocenters. The van der Waals surface area contributed by atoms with Crippen LogP contribution in [0.2, 0.25) is 5.04 Å². The van der Waals surface area contributed by atoms with Crippen LogP contribution in [-0.4, -0.2) is 26.6 Å². The van der Waals surface area contributed by atoms with Crippen molar-refractivity contribution in [3.05, 3.63) is 11.8 Å². The van der Waals surface area contributed by atoms with Crippen LogP contribution in [-0.2, 0) is 0 Å². The summed E-state index contributed by atoms with van der Waals surface area (Å²) in [5.41, 5.74) is 2.53. The van der Waals surface area contributed by atoms with Crippen molar-refractivity contribution in [2.24, 2.45) is 5.92 Å². The van der Waals surface area contributed by atoms with Crippen molar-refractivity contribution in [3.8, 4) is 0 Å². The zero-order chi connectivity index (χ0) is 12.1. The van der Waals surface area contributed by atoms with E-state index < -0.39 is 8.96 Å². The van der Waals surface area contributed by atoms with Crippen LogP contribution in [0.25, 0.3) is 0 Å². The molecule has 0 aromatic carbocycles. The Labute approximate surface area is 98.2 Å². The summed E-state index contributed by atoms with van der Waals surface area (Å²) in [5, 5.41) is 0.456. The van der Waals surface area contributed by atoms with Crippen LogP contribution in [0, 0.1) is 5.92 Å². The van der Waals surface area contributed by atoms with Crippen LogP contribution in [0.1, 0.15) is 48.5 Å². The van der Waals surface area contributed by atoms with Gasteiger partial charge in [-0.25, -0.2) is 0 Å². The van der Waals surface area contributed by atoms with Gasteiger partial charge in [-0.2, -0.15) is 0 Å². The largest absolute Gasteiger partial charge is 0.323 e. The van der Waals surface area contributed by atoms with Crippen molar-refractivity contribution < 1.29 is 0 Å². The first-order valence-electron chi connectivity index (χ1n) is 6.25. The molecular weight excluding hydrogens is 198 g/mol. The summed E-state index contributed by atoms with van der Waals surface area (Å²) in [7, 11) is -0.940. The summed E-state index contributed by atoms with van der Waals surface area (Å²) in [6, 6.07) is 0. The molecule has 0 heterocycles. The van der Waals surface area contributed by atoms with E-state index in [0.717, 1.165) is 0 Å². The van der Waals surface area contributed by atoms with Gasteiger partial charge in [0.2, 0.25) is 0 Å². The number of nitrogens with zero attached hydrogens (tertiary/aromatic N) is 1. The quantitative estimate of drug-likeness (QED) is 0.649. The third-order valence-corrected chi connectivity index (χ3v) is 6.65. The van der Waals surface area contributed by atoms with Crippen LogP contribution in [0.4, 0.5) is 0 Å². The topological polar surface area (TPSA) is 3.24 Å². The van der Waals surface area contributed by atoms with Gasteiger partial charge in [0.1, 0.15) is 8.96 Å². The van der Waals surface area contributed by atoms with E-state index in [9.17, 15) is 0 Å². The fourth-order valence-corrected chi connectivity index (χ4v) is 5.26. The molecular formula is C13H29NSi. The standard InChI is InChI=1S/C13H29NSi/c1-8-14(9-2)15(13(5,6)7)11-10-12(3)4/h10-12,15H,8-9H2,1-7H3. The van der Waals surface area contributed by atoms with Crippen molar-refractivity contribution >= 4 is 8.96 Å². The molecule has 0 bridgehead atoms. The molecule has 0 saturated heterocycles. The molecule has 0 N–H and O–H groups in total. The van der Waals surface area contributed by atoms with Crippen molar-refractivity contribution in [2.45, 2.75) is 53.5 Å². The fourth-order valence-electron chi connectivity index (χ4n) is 1.90. The number of hydrogen-bond donors (Lipinski definition) is 0. The molecule has 0 aliphatic heterocycles. The van der Waals surface area contributed by atoms with E-state index in [1.807, 2.05) is 0 Å². The number of hydrogen-bond acceptors (Lipinski definition) is 1. The molecule has 2 heteroatoms. The van der Waals surface area contributed by atoms with Gasteiger partial charge in [-0.3, -0.25) is 0 Å². The smallest absolute Gasteiger partial charge is 0.141 e. The normalized spacial score (nSPS) is 15.5. The number of rotatable bonds is 5. The second-order valence-electron chi connectivity index (χ2n) is 5.66. The van der Waals surface area contributed by atoms with Crippen LogP contribution in [0.3, 0.4) is 0 Å². The van der Waals surface area contributed by atoms with Crippen molar-refractivity contribution in [3.63, 3.8) is 0 Å². The predicted molar refractivity (Wildman–Crippen MR) is 73.8 cm³/mol. The Balaban J connectivity index is 4.73. The molecule has 0 aromatic rings. The van der Waals surface area contributed by atoms with Gasteiger partial charge in [0.25, 0.3) is 0 Å². The first-order valence-corrected chi connectivity index (χ1v) is 8.01. The van der Waals surface area contributed by atoms with Crippen LogP contribution < -0.4 is 0 Å². The minimum atomic E-state index is -0.940. The van der Waals surface area contributed by atoms with Crippen LogP contribution in [0.15, 0.2) is 11.8 Å². The van der Waals surface area contributed by atoms with E-state index in [1.54, 1.807) is 0 Å². The van der Waals surface area contributed by atoms with Crippen LogP contribution in [0.5, 0.6) is 0 Å². The van der Waals surface area contributed by atoms with Gasteiger partial charge in [-0.05, 0) is 24.0 Å². The SMILES string of the molecule is CCN(CC)[SiH](C=CC(C)C)C(C)(C)C. The molecule has 0 aromatic heterocycles. The Morgan fingerprint density at radius 3 is 1.87 bits per heavy atom. The molecule has 0 aliphatic carbocycles. The highest BCUT2D eigenvalue weighted by Crippen LogP contribution is 2.29. The second kappa shape index (κ2) is 6.49. The maximum absolute atomic E-state index is 2.67. The first-order chi connectivity index (χ1) is 6.82. The van der Waals surface area contributed by atoms with Crippen molar-refractivity contribution in [1.82, 2.24) is 4.57 Å². The second-order valence-corrected chi connectivity index (χ2v) is 9.40. The molecule has 90 valence electrons. The van der Waals surface area contributed by atoms with E-state index in [4.69, 9.17) is 0 Å². The predicted octanol–water partition coefficient (Wildman–Crippen LogP) is 3.60. The zero-order valence-electron chi connectivity index (χ0n) is 11.7. The van der Waals surface area contributed by atoms with E-state index in [2.05, 4.69) is 64.8 Å². The van der Waals surface area contributed by atoms with Crippen molar-refractivity contribution in [2.75, 3.05) is 13.1 Å². The molecule has 15 heavy (non-hydrogen) atoms. The van der Waals surface area contributed by atoms with Gasteiger partial charge < -0.3 is 4.57 Å². The summed E-state index contributed by atoms with van der Waals surface area (Å²) in [4.78, 5) is 0. The molecule has 1 nitrogen and oxygen atoms in total. The summed E-state index contributed by atoms with van der Waals surface area (Å²) >= 11 is 0. The molecule has 1 unspecified atom stereocenters. The molecule has 0 amide bonds. The first kappa shape index (κ1) is 14.9. The Kier molecular flexibility index (Phi) is 6.45. The maximum Gasteiger partial charge on any atom is 0.141 e. The highest BCUT2D eigenvalue weighted by atomic mass is 28.3. The Morgan fingerprint density at radius 2 is 1.60 bits per heavy atom. The molecule has 0 saturated carbocycles. The Bertz CT molecular complexity index is 187. The highest BCUT2D eigenvalue weighted by Gasteiger charge is 2.28. The van der Waals surface area contributed by atoms with E-state index >= 15 is 0 Å². The van der Waals surface area contributed by atoms with Gasteiger partial charge in [0.05, 0.1) is 0 Å². The van der Waals surface area contributed by atoms with E-state index in [-0.39, 0.29) is 0 Å². The number of allylic oxidation sites excluding steroid dienone is 1. The molecule has 0 aliphatic rings. The summed E-state index contributed by atoms with van der Waals surface area (Å²) in [6.45, 7) is 18.6. The third kappa shape index (κ3) is 5.52. The van der Waals surface area contributed by atoms with E-state index in [0.29, 0.717) is 11.0 Å². The van der Waals surface area contributed by atoms with Gasteiger partial charge in [0.15, 0.2) is 0 Å². The lowest BCUT2D eigenvalue weighted by Gasteiger charge is -2.36. The van der Waals surface area contributed by atoms with Gasteiger partial charge in [-0.1, -0.05) is 60.2 Å². The summed E-state index contributed by atoms with van der Waals surface area (Å²) < 4.78 is 2.67. The molecule has 0 rings (SSSR count). The third-order valence-electron chi connectivity index (χ3n) is 2.77. The summed E-state index contributed by atoms with van der Waals surface area (Å²) in [6.07, 6.45) is 2.39. The van der Waals surface area contributed by atoms with Gasteiger partial charge in [-0.15, -0.1) is 0 Å². The average Bonchev–Trinajstić information content (AvgIpc) is 2.09. The molecule has 0 fully saturated rings. The Hall–Kier alpha value is -0.0831. The van der Waals surface area contributed by atoms with Crippen LogP contribution >= 0.6 is 0 Å². The maximum atomic E-state index is 2.67. The van der Waals surface area contributed by atoms with Gasteiger partial charge in [0, 0.05) is 0 Å². The lowest BCUT2D eigenvalue weighted by atomic mass is 10.2. The average molecular weight is 227 g/mol. The van der Waals surface area contributed by atoms with Gasteiger partial charge >= 0.3 is 0 Å². The van der Waals surface area contributed by atoms with Crippen molar-refractivity contribution in [1.29, 1.82) is 0 Å². The molecule has 0 spiro atoms. The Morgan fingerprint density at radius 1 is 1.13 bits per heavy atom. The summed E-state index contributed by atoms with van der Waals surface area (Å²) in [5.74, 6) is 0.679. The van der Waals surface area contributed by atoms with E-state index in [1.165, 1.54) is 13.1 Å².